The zero-order valence-corrected chi connectivity index (χ0v) is 35.5. The number of fused-ring (bicyclic) bond motifs is 3. The molecule has 3 amide bonds. The van der Waals surface area contributed by atoms with Gasteiger partial charge in [-0.15, -0.1) is 0 Å². The number of aryl methyl sites for hydroxylation is 4. The fraction of sp³-hybridized carbons (Fsp3) is 0.415. The monoisotopic (exact) mass is 849 g/mol. The largest absolute Gasteiger partial charge is 0.372 e. The van der Waals surface area contributed by atoms with Crippen LogP contribution in [0.2, 0.25) is 0 Å². The number of nitrogens with two attached hydrogens (primary N) is 1. The van der Waals surface area contributed by atoms with Gasteiger partial charge in [-0.2, -0.15) is 0 Å². The standard InChI is InChI=1S/C27H30N4O6S.C14H18BrNO2/c1-13-7-20(27(33)30-11-14(2)36-15(3)12-30)24-19-9-18(23-16(4)29-37-17(23)5)10-21(26(28)32)25(19)31(22(24)8-13)38(6,34)35;1-9-4-12(6-13(15)5-9)14(17)16-7-10(2)18-11(3)8-16/h7-10,14-15H,11-12H2,1-6H3,(H2,28,32);4-6,10-11H,7-8H2,1-3H3/t14-,15+;10-,11+. The molecule has 13 nitrogen and oxygen atoms in total. The summed E-state index contributed by atoms with van der Waals surface area (Å²) in [6.45, 7) is 17.3. The van der Waals surface area contributed by atoms with Gasteiger partial charge in [-0.25, -0.2) is 12.4 Å². The Balaban J connectivity index is 0.000000247. The molecule has 2 aromatic heterocycles. The van der Waals surface area contributed by atoms with E-state index in [-0.39, 0.29) is 47.3 Å². The molecule has 0 unspecified atom stereocenters. The van der Waals surface area contributed by atoms with Gasteiger partial charge >= 0.3 is 0 Å². The van der Waals surface area contributed by atoms with E-state index in [1.807, 2.05) is 57.7 Å². The molecule has 15 heteroatoms. The van der Waals surface area contributed by atoms with Crippen molar-refractivity contribution in [3.05, 3.63) is 86.2 Å². The third-order valence-electron chi connectivity index (χ3n) is 9.92. The molecule has 56 heavy (non-hydrogen) atoms. The van der Waals surface area contributed by atoms with Crippen LogP contribution in [0.4, 0.5) is 0 Å². The van der Waals surface area contributed by atoms with Crippen LogP contribution in [0, 0.1) is 27.7 Å². The van der Waals surface area contributed by atoms with Gasteiger partial charge < -0.3 is 29.5 Å². The third kappa shape index (κ3) is 8.27. The van der Waals surface area contributed by atoms with Gasteiger partial charge in [0.05, 0.1) is 53.0 Å². The number of aromatic nitrogens is 2. The maximum absolute atomic E-state index is 14.0. The summed E-state index contributed by atoms with van der Waals surface area (Å²) in [6, 6.07) is 12.6. The molecule has 298 valence electrons. The summed E-state index contributed by atoms with van der Waals surface area (Å²) in [7, 11) is -3.92. The third-order valence-corrected chi connectivity index (χ3v) is 11.4. The van der Waals surface area contributed by atoms with E-state index in [1.165, 1.54) is 0 Å². The molecular formula is C41H48BrN5O8S. The van der Waals surface area contributed by atoms with Gasteiger partial charge in [0, 0.05) is 58.1 Å². The van der Waals surface area contributed by atoms with Crippen LogP contribution in [0.25, 0.3) is 32.9 Å². The second-order valence-corrected chi connectivity index (χ2v) is 17.9. The van der Waals surface area contributed by atoms with Crippen LogP contribution in [0.1, 0.15) is 81.3 Å². The van der Waals surface area contributed by atoms with E-state index in [9.17, 15) is 22.8 Å². The van der Waals surface area contributed by atoms with E-state index in [0.29, 0.717) is 76.2 Å². The zero-order valence-electron chi connectivity index (χ0n) is 33.1. The molecular weight excluding hydrogens is 802 g/mol. The van der Waals surface area contributed by atoms with Crippen molar-refractivity contribution in [2.24, 2.45) is 5.73 Å². The number of nitrogens with zero attached hydrogens (tertiary/aromatic N) is 4. The number of carbonyl (C=O) groups excluding carboxylic acids is 3. The van der Waals surface area contributed by atoms with E-state index in [1.54, 1.807) is 49.9 Å². The first-order valence-electron chi connectivity index (χ1n) is 18.5. The molecule has 0 radical (unpaired) electrons. The molecule has 0 saturated carbocycles. The van der Waals surface area contributed by atoms with Crippen molar-refractivity contribution in [1.29, 1.82) is 0 Å². The van der Waals surface area contributed by atoms with E-state index in [4.69, 9.17) is 19.7 Å². The number of benzene rings is 3. The number of amides is 3. The Hall–Kier alpha value is -4.57. The minimum Gasteiger partial charge on any atom is -0.372 e. The molecule has 4 atom stereocenters. The van der Waals surface area contributed by atoms with Crippen molar-refractivity contribution < 1.29 is 36.8 Å². The number of primary amides is 1. The second kappa shape index (κ2) is 15.8. The molecule has 7 rings (SSSR count). The SMILES string of the molecule is Cc1cc(Br)cc(C(=O)N2C[C@@H](C)O[C@@H](C)C2)c1.Cc1cc(C(=O)N2C[C@@H](C)O[C@@H](C)C2)c2c3cc(-c4c(C)noc4C)cc(C(N)=O)c3n(S(C)(=O)=O)c2c1. The van der Waals surface area contributed by atoms with Crippen molar-refractivity contribution in [3.8, 4) is 11.1 Å². The van der Waals surface area contributed by atoms with Crippen molar-refractivity contribution >= 4 is 65.5 Å². The number of rotatable bonds is 5. The van der Waals surface area contributed by atoms with E-state index in [0.717, 1.165) is 25.8 Å². The van der Waals surface area contributed by atoms with Gasteiger partial charge in [0.1, 0.15) is 5.76 Å². The van der Waals surface area contributed by atoms with Gasteiger partial charge in [0.25, 0.3) is 17.7 Å². The number of ether oxygens (including phenoxy) is 2. The summed E-state index contributed by atoms with van der Waals surface area (Å²) in [5.74, 6) is -0.415. The Kier molecular flexibility index (Phi) is 11.6. The Morgan fingerprint density at radius 2 is 1.32 bits per heavy atom. The summed E-state index contributed by atoms with van der Waals surface area (Å²) in [5.41, 5.74) is 11.0. The molecule has 3 aromatic carbocycles. The molecule has 0 aliphatic carbocycles. The number of hydrogen-bond donors (Lipinski definition) is 1. The summed E-state index contributed by atoms with van der Waals surface area (Å²) >= 11 is 3.43. The van der Waals surface area contributed by atoms with Crippen LogP contribution in [-0.2, 0) is 19.5 Å². The van der Waals surface area contributed by atoms with Crippen molar-refractivity contribution in [3.63, 3.8) is 0 Å². The van der Waals surface area contributed by atoms with Gasteiger partial charge in [0.15, 0.2) is 0 Å². The highest BCUT2D eigenvalue weighted by Crippen LogP contribution is 2.40. The Morgan fingerprint density at radius 1 is 0.768 bits per heavy atom. The van der Waals surface area contributed by atoms with Crippen LogP contribution in [0.3, 0.4) is 0 Å². The van der Waals surface area contributed by atoms with Crippen LogP contribution in [0.5, 0.6) is 0 Å². The smallest absolute Gasteiger partial charge is 0.254 e. The van der Waals surface area contributed by atoms with Crippen LogP contribution < -0.4 is 5.73 Å². The highest BCUT2D eigenvalue weighted by Gasteiger charge is 2.32. The zero-order chi connectivity index (χ0) is 41.0. The Labute approximate surface area is 335 Å². The average Bonchev–Trinajstić information content (AvgIpc) is 3.61. The molecule has 2 fully saturated rings. The number of morpholine rings is 2. The van der Waals surface area contributed by atoms with Crippen LogP contribution in [0.15, 0.2) is 51.5 Å². The predicted octanol–water partition coefficient (Wildman–Crippen LogP) is 6.54. The van der Waals surface area contributed by atoms with Crippen molar-refractivity contribution in [1.82, 2.24) is 18.9 Å². The van der Waals surface area contributed by atoms with Gasteiger partial charge in [-0.05, 0) is 115 Å². The van der Waals surface area contributed by atoms with Gasteiger partial charge in [0.2, 0.25) is 10.0 Å². The van der Waals surface area contributed by atoms with Gasteiger partial charge in [-0.1, -0.05) is 21.1 Å². The quantitative estimate of drug-likeness (QED) is 0.207. The maximum Gasteiger partial charge on any atom is 0.254 e. The van der Waals surface area contributed by atoms with E-state index in [2.05, 4.69) is 21.1 Å². The number of halogens is 1. The molecule has 5 aromatic rings. The normalized spacial score (nSPS) is 20.2. The molecule has 0 spiro atoms. The molecule has 2 N–H and O–H groups in total. The lowest BCUT2D eigenvalue weighted by Crippen LogP contribution is -2.48. The van der Waals surface area contributed by atoms with E-state index < -0.39 is 15.9 Å². The first-order valence-corrected chi connectivity index (χ1v) is 21.1. The average molecular weight is 851 g/mol. The first-order chi connectivity index (χ1) is 26.2. The maximum atomic E-state index is 14.0. The molecule has 2 saturated heterocycles. The molecule has 2 aliphatic heterocycles. The van der Waals surface area contributed by atoms with Crippen molar-refractivity contribution in [2.45, 2.75) is 79.8 Å². The topological polar surface area (TPSA) is 167 Å². The first kappa shape index (κ1) is 41.1. The summed E-state index contributed by atoms with van der Waals surface area (Å²) in [4.78, 5) is 42.8. The molecule has 0 bridgehead atoms. The molecule has 2 aliphatic rings. The number of hydrogen-bond acceptors (Lipinski definition) is 9. The fourth-order valence-electron chi connectivity index (χ4n) is 8.02. The van der Waals surface area contributed by atoms with E-state index >= 15 is 0 Å². The lowest BCUT2D eigenvalue weighted by molar-refractivity contribution is -0.0586. The summed E-state index contributed by atoms with van der Waals surface area (Å²) in [5, 5.41) is 4.88. The fourth-order valence-corrected chi connectivity index (χ4v) is 9.65. The van der Waals surface area contributed by atoms with Crippen LogP contribution in [-0.4, -0.2) is 102 Å². The highest BCUT2D eigenvalue weighted by atomic mass is 79.9. The minimum atomic E-state index is -3.92. The lowest BCUT2D eigenvalue weighted by Gasteiger charge is -2.35. The predicted molar refractivity (Wildman–Crippen MR) is 219 cm³/mol. The molecule has 4 heterocycles. The second-order valence-electron chi connectivity index (χ2n) is 15.2. The summed E-state index contributed by atoms with van der Waals surface area (Å²) < 4.78 is 45.2. The van der Waals surface area contributed by atoms with Crippen LogP contribution >= 0.6 is 15.9 Å². The van der Waals surface area contributed by atoms with Crippen molar-refractivity contribution in [2.75, 3.05) is 32.4 Å². The highest BCUT2D eigenvalue weighted by molar-refractivity contribution is 9.10. The van der Waals surface area contributed by atoms with Gasteiger partial charge in [-0.3, -0.25) is 14.4 Å². The number of carbonyl (C=O) groups is 3. The Morgan fingerprint density at radius 3 is 1.82 bits per heavy atom. The summed E-state index contributed by atoms with van der Waals surface area (Å²) in [6.07, 6.45) is 0.978. The minimum absolute atomic E-state index is 0.0174. The lowest BCUT2D eigenvalue weighted by atomic mass is 9.96. The Bertz CT molecular complexity index is 2430.